The van der Waals surface area contributed by atoms with Crippen LogP contribution in [0.3, 0.4) is 0 Å². The molecule has 0 amide bonds. The van der Waals surface area contributed by atoms with E-state index in [0.717, 1.165) is 6.42 Å². The normalized spacial score (nSPS) is 10.1. The zero-order chi connectivity index (χ0) is 24.3. The number of benzene rings is 4. The van der Waals surface area contributed by atoms with Crippen LogP contribution >= 0.6 is 17.0 Å². The summed E-state index contributed by atoms with van der Waals surface area (Å²) in [6.07, 6.45) is 0.868. The van der Waals surface area contributed by atoms with Crippen molar-refractivity contribution in [2.75, 3.05) is 0 Å². The molecule has 0 unspecified atom stereocenters. The molecule has 0 saturated carbocycles. The van der Waals surface area contributed by atoms with E-state index in [2.05, 4.69) is 109 Å². The van der Waals surface area contributed by atoms with Crippen LogP contribution in [0.25, 0.3) is 21.5 Å². The van der Waals surface area contributed by atoms with Gasteiger partial charge in [0.05, 0.1) is 0 Å². The molecule has 0 N–H and O–H groups in total. The third-order valence-corrected chi connectivity index (χ3v) is 10.6. The van der Waals surface area contributed by atoms with E-state index in [1.165, 1.54) is 35.9 Å². The van der Waals surface area contributed by atoms with Crippen LogP contribution in [0.4, 0.5) is 0 Å². The fourth-order valence-corrected chi connectivity index (χ4v) is 7.71. The van der Waals surface area contributed by atoms with Gasteiger partial charge < -0.3 is 0 Å². The van der Waals surface area contributed by atoms with Crippen LogP contribution in [0.5, 0.6) is 0 Å². The minimum Gasteiger partial charge on any atom is -0.168 e. The largest absolute Gasteiger partial charge is 0.168 e. The molecule has 174 valence electrons. The molecule has 0 radical (unpaired) electrons. The SMILES string of the molecule is [Cl][Zr]([Cl])=[C](Cc1ccccc1)c1ccccc1.c1ccc2[cH-]ccc2c1.c1ccc2[cH-]ccc2c1. The second-order valence-electron chi connectivity index (χ2n) is 8.08. The number of halogens is 2. The number of hydrogen-bond acceptors (Lipinski definition) is 0. The molecule has 6 rings (SSSR count). The summed E-state index contributed by atoms with van der Waals surface area (Å²) in [6.45, 7) is 0. The Morgan fingerprint density at radius 1 is 0.543 bits per heavy atom. The van der Waals surface area contributed by atoms with Gasteiger partial charge in [0.15, 0.2) is 0 Å². The monoisotopic (exact) mass is 570 g/mol. The molecule has 0 saturated heterocycles. The Labute approximate surface area is 222 Å². The van der Waals surface area contributed by atoms with Gasteiger partial charge >= 0.3 is 117 Å². The molecule has 35 heavy (non-hydrogen) atoms. The topological polar surface area (TPSA) is 0 Å². The van der Waals surface area contributed by atoms with Crippen molar-refractivity contribution in [1.29, 1.82) is 0 Å². The van der Waals surface area contributed by atoms with E-state index < -0.39 is 18.9 Å². The van der Waals surface area contributed by atoms with E-state index in [9.17, 15) is 0 Å². The molecule has 0 aliphatic heterocycles. The molecule has 0 bridgehead atoms. The van der Waals surface area contributed by atoms with Crippen LogP contribution in [0.2, 0.25) is 0 Å². The van der Waals surface area contributed by atoms with Crippen LogP contribution in [0, 0.1) is 0 Å². The third kappa shape index (κ3) is 7.71. The van der Waals surface area contributed by atoms with Gasteiger partial charge in [0.1, 0.15) is 0 Å². The van der Waals surface area contributed by atoms with E-state index in [-0.39, 0.29) is 0 Å². The summed E-state index contributed by atoms with van der Waals surface area (Å²) in [6, 6.07) is 49.9. The van der Waals surface area contributed by atoms with Gasteiger partial charge in [0, 0.05) is 0 Å². The zero-order valence-electron chi connectivity index (χ0n) is 19.3. The van der Waals surface area contributed by atoms with Crippen molar-refractivity contribution < 1.29 is 18.9 Å². The van der Waals surface area contributed by atoms with E-state index in [1.54, 1.807) is 0 Å². The molecular formula is C32H26Cl2Zr-2. The fraction of sp³-hybridized carbons (Fsp3) is 0.0312. The first-order valence-electron chi connectivity index (χ1n) is 11.5. The van der Waals surface area contributed by atoms with Crippen LogP contribution in [-0.4, -0.2) is 3.21 Å². The third-order valence-electron chi connectivity index (χ3n) is 5.67. The Morgan fingerprint density at radius 2 is 1.00 bits per heavy atom. The maximum atomic E-state index is 6.25. The smallest absolute Gasteiger partial charge is 0.0809 e. The predicted octanol–water partition coefficient (Wildman–Crippen LogP) is 9.49. The van der Waals surface area contributed by atoms with Gasteiger partial charge in [0.25, 0.3) is 0 Å². The van der Waals surface area contributed by atoms with Crippen molar-refractivity contribution in [3.8, 4) is 0 Å². The van der Waals surface area contributed by atoms with Gasteiger partial charge in [0.2, 0.25) is 0 Å². The molecule has 0 spiro atoms. The molecule has 0 nitrogen and oxygen atoms in total. The van der Waals surface area contributed by atoms with Crippen LogP contribution in [0.15, 0.2) is 146 Å². The van der Waals surface area contributed by atoms with E-state index in [1.807, 2.05) is 36.4 Å². The molecular weight excluding hydrogens is 546 g/mol. The summed E-state index contributed by atoms with van der Waals surface area (Å²) in [5.74, 6) is 0. The van der Waals surface area contributed by atoms with Gasteiger partial charge in [-0.2, -0.15) is 35.0 Å². The van der Waals surface area contributed by atoms with E-state index in [0.29, 0.717) is 0 Å². The first-order valence-corrected chi connectivity index (χ1v) is 19.1. The summed E-state index contributed by atoms with van der Waals surface area (Å²) in [5.41, 5.74) is 2.46. The first-order chi connectivity index (χ1) is 17.2. The maximum Gasteiger partial charge on any atom is -0.0809 e. The van der Waals surface area contributed by atoms with Gasteiger partial charge in [-0.3, -0.25) is 0 Å². The molecule has 6 aromatic rings. The molecule has 0 aliphatic carbocycles. The molecule has 0 heterocycles. The molecule has 6 aromatic carbocycles. The van der Waals surface area contributed by atoms with Crippen LogP contribution in [0.1, 0.15) is 11.1 Å². The summed E-state index contributed by atoms with van der Waals surface area (Å²) in [7, 11) is 12.5. The quantitative estimate of drug-likeness (QED) is 0.185. The van der Waals surface area contributed by atoms with Gasteiger partial charge in [-0.1, -0.05) is 12.1 Å². The van der Waals surface area contributed by atoms with Gasteiger partial charge in [-0.15, -0.1) is 59.3 Å². The molecule has 0 fully saturated rings. The Kier molecular flexibility index (Phi) is 9.85. The first kappa shape index (κ1) is 25.5. The Hall–Kier alpha value is -2.57. The second kappa shape index (κ2) is 13.5. The van der Waals surface area contributed by atoms with Crippen molar-refractivity contribution in [1.82, 2.24) is 0 Å². The van der Waals surface area contributed by atoms with Crippen molar-refractivity contribution in [3.63, 3.8) is 0 Å². The fourth-order valence-electron chi connectivity index (χ4n) is 3.86. The summed E-state index contributed by atoms with van der Waals surface area (Å²) in [5, 5.41) is 5.32. The molecule has 0 aromatic heterocycles. The Balaban J connectivity index is 0.000000134. The number of hydrogen-bond donors (Lipinski definition) is 0. The number of rotatable bonds is 3. The average molecular weight is 573 g/mol. The minimum absolute atomic E-state index is 0.868. The van der Waals surface area contributed by atoms with Crippen LogP contribution < -0.4 is 0 Å². The van der Waals surface area contributed by atoms with Gasteiger partial charge in [-0.25, -0.2) is 0 Å². The van der Waals surface area contributed by atoms with Crippen molar-refractivity contribution in [2.45, 2.75) is 6.42 Å². The van der Waals surface area contributed by atoms with E-state index in [4.69, 9.17) is 17.0 Å². The minimum atomic E-state index is -2.38. The summed E-state index contributed by atoms with van der Waals surface area (Å²) >= 11 is -2.38. The zero-order valence-corrected chi connectivity index (χ0v) is 23.3. The van der Waals surface area contributed by atoms with Crippen molar-refractivity contribution >= 4 is 41.8 Å². The molecule has 3 heteroatoms. The Bertz CT molecular complexity index is 1350. The van der Waals surface area contributed by atoms with E-state index >= 15 is 0 Å². The predicted molar refractivity (Wildman–Crippen MR) is 151 cm³/mol. The van der Waals surface area contributed by atoms with Crippen LogP contribution in [-0.2, 0) is 25.3 Å². The van der Waals surface area contributed by atoms with Gasteiger partial charge in [-0.05, 0) is 0 Å². The maximum absolute atomic E-state index is 6.25. The molecule has 0 atom stereocenters. The summed E-state index contributed by atoms with van der Waals surface area (Å²) < 4.78 is 1.24. The standard InChI is InChI=1S/C14H12.2C9H7.2ClH.Zr/c1-3-7-13(8-4-1)11-12-14-9-5-2-6-10-14;2*1-2-5-9-7-3-6-8(9)4-1;;;/h1-10H,11H2;2*1-7H;2*1H;/q;2*-1;;;+2/p-2. The number of fused-ring (bicyclic) bond motifs is 2. The second-order valence-corrected chi connectivity index (χ2v) is 16.5. The summed E-state index contributed by atoms with van der Waals surface area (Å²) in [4.78, 5) is 0. The van der Waals surface area contributed by atoms with Crippen molar-refractivity contribution in [3.05, 3.63) is 157 Å². The molecule has 0 aliphatic rings. The average Bonchev–Trinajstić information content (AvgIpc) is 3.59. The van der Waals surface area contributed by atoms with Crippen molar-refractivity contribution in [2.24, 2.45) is 0 Å². The Morgan fingerprint density at radius 3 is 1.49 bits per heavy atom.